The van der Waals surface area contributed by atoms with Crippen LogP contribution in [-0.4, -0.2) is 37.5 Å². The number of anilines is 1. The number of benzene rings is 2. The quantitative estimate of drug-likeness (QED) is 0.541. The lowest BCUT2D eigenvalue weighted by molar-refractivity contribution is -0.384. The van der Waals surface area contributed by atoms with Crippen LogP contribution in [0, 0.1) is 10.1 Å². The van der Waals surface area contributed by atoms with Crippen molar-refractivity contribution in [2.24, 2.45) is 0 Å². The minimum absolute atomic E-state index is 0.0408. The van der Waals surface area contributed by atoms with Gasteiger partial charge in [-0.1, -0.05) is 0 Å². The van der Waals surface area contributed by atoms with Gasteiger partial charge in [-0.25, -0.2) is 0 Å². The normalized spacial score (nSPS) is 10.0. The van der Waals surface area contributed by atoms with Gasteiger partial charge in [-0.3, -0.25) is 19.7 Å². The van der Waals surface area contributed by atoms with E-state index in [4.69, 9.17) is 9.47 Å². The van der Waals surface area contributed by atoms with Crippen molar-refractivity contribution in [3.05, 3.63) is 58.1 Å². The van der Waals surface area contributed by atoms with Gasteiger partial charge in [0, 0.05) is 36.7 Å². The molecule has 2 amide bonds. The first-order valence-corrected chi connectivity index (χ1v) is 7.99. The van der Waals surface area contributed by atoms with Gasteiger partial charge in [-0.05, 0) is 24.3 Å². The number of nitrogens with one attached hydrogen (secondary N) is 2. The molecule has 2 aromatic carbocycles. The standard InChI is InChI=1S/C18H19N3O6/c1-26-14-7-8-16(27-2)15(11-14)20-17(22)9-10-19-18(23)12-3-5-13(6-4-12)21(24)25/h3-8,11H,9-10H2,1-2H3,(H,19,23)(H,20,22). The molecule has 142 valence electrons. The predicted octanol–water partition coefficient (Wildman–Crippen LogP) is 2.37. The third-order valence-electron chi connectivity index (χ3n) is 3.66. The van der Waals surface area contributed by atoms with Gasteiger partial charge in [0.25, 0.3) is 11.6 Å². The molecule has 0 saturated heterocycles. The Bertz CT molecular complexity index is 835. The van der Waals surface area contributed by atoms with Gasteiger partial charge in [0.2, 0.25) is 5.91 Å². The number of carbonyl (C=O) groups excluding carboxylic acids is 2. The molecule has 9 heteroatoms. The second-order valence-electron chi connectivity index (χ2n) is 5.42. The molecule has 0 aliphatic carbocycles. The summed E-state index contributed by atoms with van der Waals surface area (Å²) in [6, 6.07) is 10.2. The molecule has 2 aromatic rings. The van der Waals surface area contributed by atoms with Crippen LogP contribution in [0.25, 0.3) is 0 Å². The SMILES string of the molecule is COc1ccc(OC)c(NC(=O)CCNC(=O)c2ccc([N+](=O)[O-])cc2)c1. The summed E-state index contributed by atoms with van der Waals surface area (Å²) in [4.78, 5) is 34.2. The van der Waals surface area contributed by atoms with Crippen LogP contribution in [0.3, 0.4) is 0 Å². The lowest BCUT2D eigenvalue weighted by Crippen LogP contribution is -2.27. The lowest BCUT2D eigenvalue weighted by atomic mass is 10.2. The highest BCUT2D eigenvalue weighted by Gasteiger charge is 2.12. The largest absolute Gasteiger partial charge is 0.497 e. The maximum Gasteiger partial charge on any atom is 0.269 e. The Labute approximate surface area is 155 Å². The topological polar surface area (TPSA) is 120 Å². The molecule has 0 atom stereocenters. The number of amides is 2. The van der Waals surface area contributed by atoms with E-state index < -0.39 is 10.8 Å². The molecule has 0 heterocycles. The number of methoxy groups -OCH3 is 2. The Hall–Kier alpha value is -3.62. The molecular formula is C18H19N3O6. The molecule has 0 unspecified atom stereocenters. The van der Waals surface area contributed by atoms with Crippen molar-refractivity contribution in [3.8, 4) is 11.5 Å². The first-order valence-electron chi connectivity index (χ1n) is 7.99. The molecule has 2 rings (SSSR count). The van der Waals surface area contributed by atoms with E-state index in [-0.39, 0.29) is 30.1 Å². The number of hydrogen-bond acceptors (Lipinski definition) is 6. The van der Waals surface area contributed by atoms with Crippen LogP contribution in [0.4, 0.5) is 11.4 Å². The molecule has 0 spiro atoms. The van der Waals surface area contributed by atoms with Gasteiger partial charge in [0.05, 0.1) is 24.8 Å². The Kier molecular flexibility index (Phi) is 6.70. The number of non-ortho nitro benzene ring substituents is 1. The van der Waals surface area contributed by atoms with Gasteiger partial charge in [0.1, 0.15) is 11.5 Å². The Morgan fingerprint density at radius 3 is 2.37 bits per heavy atom. The van der Waals surface area contributed by atoms with E-state index in [0.717, 1.165) is 0 Å². The molecule has 0 saturated carbocycles. The van der Waals surface area contributed by atoms with E-state index in [1.807, 2.05) is 0 Å². The molecule has 0 radical (unpaired) electrons. The Morgan fingerprint density at radius 2 is 1.78 bits per heavy atom. The first kappa shape index (κ1) is 19.7. The first-order chi connectivity index (χ1) is 12.9. The van der Waals surface area contributed by atoms with Crippen molar-refractivity contribution < 1.29 is 24.0 Å². The average Bonchev–Trinajstić information content (AvgIpc) is 2.67. The van der Waals surface area contributed by atoms with Crippen molar-refractivity contribution in [1.29, 1.82) is 0 Å². The summed E-state index contributed by atoms with van der Waals surface area (Å²) < 4.78 is 10.3. The second-order valence-corrected chi connectivity index (χ2v) is 5.42. The smallest absolute Gasteiger partial charge is 0.269 e. The van der Waals surface area contributed by atoms with Crippen LogP contribution in [-0.2, 0) is 4.79 Å². The van der Waals surface area contributed by atoms with Crippen LogP contribution in [0.2, 0.25) is 0 Å². The average molecular weight is 373 g/mol. The Morgan fingerprint density at radius 1 is 1.07 bits per heavy atom. The van der Waals surface area contributed by atoms with Crippen molar-refractivity contribution >= 4 is 23.2 Å². The van der Waals surface area contributed by atoms with E-state index in [1.165, 1.54) is 38.5 Å². The third kappa shape index (κ3) is 5.43. The Balaban J connectivity index is 1.87. The summed E-state index contributed by atoms with van der Waals surface area (Å²) in [6.07, 6.45) is 0.0408. The molecule has 0 fully saturated rings. The molecule has 9 nitrogen and oxygen atoms in total. The lowest BCUT2D eigenvalue weighted by Gasteiger charge is -2.12. The van der Waals surface area contributed by atoms with Crippen molar-refractivity contribution in [2.75, 3.05) is 26.1 Å². The van der Waals surface area contributed by atoms with E-state index >= 15 is 0 Å². The van der Waals surface area contributed by atoms with Crippen LogP contribution < -0.4 is 20.1 Å². The summed E-state index contributed by atoms with van der Waals surface area (Å²) in [5.41, 5.74) is 0.636. The predicted molar refractivity (Wildman–Crippen MR) is 98.2 cm³/mol. The monoisotopic (exact) mass is 373 g/mol. The van der Waals surface area contributed by atoms with Crippen LogP contribution in [0.1, 0.15) is 16.8 Å². The molecule has 0 bridgehead atoms. The van der Waals surface area contributed by atoms with Crippen LogP contribution in [0.5, 0.6) is 11.5 Å². The van der Waals surface area contributed by atoms with Gasteiger partial charge < -0.3 is 20.1 Å². The van der Waals surface area contributed by atoms with Crippen molar-refractivity contribution in [1.82, 2.24) is 5.32 Å². The summed E-state index contributed by atoms with van der Waals surface area (Å²) in [7, 11) is 3.00. The maximum absolute atomic E-state index is 12.1. The van der Waals surface area contributed by atoms with Gasteiger partial charge in [0.15, 0.2) is 0 Å². The molecule has 27 heavy (non-hydrogen) atoms. The third-order valence-corrected chi connectivity index (χ3v) is 3.66. The second kappa shape index (κ2) is 9.18. The number of carbonyl (C=O) groups is 2. The highest BCUT2D eigenvalue weighted by Crippen LogP contribution is 2.28. The van der Waals surface area contributed by atoms with E-state index in [2.05, 4.69) is 10.6 Å². The minimum Gasteiger partial charge on any atom is -0.497 e. The minimum atomic E-state index is -0.543. The summed E-state index contributed by atoms with van der Waals surface area (Å²) >= 11 is 0. The zero-order valence-electron chi connectivity index (χ0n) is 14.9. The van der Waals surface area contributed by atoms with Crippen molar-refractivity contribution in [3.63, 3.8) is 0 Å². The number of nitro benzene ring substituents is 1. The number of nitrogens with zero attached hydrogens (tertiary/aromatic N) is 1. The van der Waals surface area contributed by atoms with Gasteiger partial charge in [-0.2, -0.15) is 0 Å². The summed E-state index contributed by atoms with van der Waals surface area (Å²) in [6.45, 7) is 0.105. The van der Waals surface area contributed by atoms with Crippen LogP contribution in [0.15, 0.2) is 42.5 Å². The molecule has 0 aromatic heterocycles. The number of hydrogen-bond donors (Lipinski definition) is 2. The molecule has 0 aliphatic rings. The fraction of sp³-hybridized carbons (Fsp3) is 0.222. The van der Waals surface area contributed by atoms with E-state index in [0.29, 0.717) is 17.2 Å². The zero-order chi connectivity index (χ0) is 19.8. The fourth-order valence-electron chi connectivity index (χ4n) is 2.25. The van der Waals surface area contributed by atoms with Gasteiger partial charge >= 0.3 is 0 Å². The molecule has 2 N–H and O–H groups in total. The molecule has 0 aliphatic heterocycles. The number of rotatable bonds is 8. The fourth-order valence-corrected chi connectivity index (χ4v) is 2.25. The molecular weight excluding hydrogens is 354 g/mol. The van der Waals surface area contributed by atoms with Crippen molar-refractivity contribution in [2.45, 2.75) is 6.42 Å². The van der Waals surface area contributed by atoms with E-state index in [9.17, 15) is 19.7 Å². The van der Waals surface area contributed by atoms with Crippen LogP contribution >= 0.6 is 0 Å². The number of nitro groups is 1. The highest BCUT2D eigenvalue weighted by molar-refractivity contribution is 5.95. The van der Waals surface area contributed by atoms with Gasteiger partial charge in [-0.15, -0.1) is 0 Å². The zero-order valence-corrected chi connectivity index (χ0v) is 14.9. The highest BCUT2D eigenvalue weighted by atomic mass is 16.6. The number of ether oxygens (including phenoxy) is 2. The maximum atomic E-state index is 12.1. The summed E-state index contributed by atoms with van der Waals surface area (Å²) in [5.74, 6) is 0.318. The summed E-state index contributed by atoms with van der Waals surface area (Å²) in [5, 5.41) is 15.9. The van der Waals surface area contributed by atoms with E-state index in [1.54, 1.807) is 18.2 Å².